The van der Waals surface area contributed by atoms with Crippen molar-refractivity contribution < 1.29 is 0 Å². The summed E-state index contributed by atoms with van der Waals surface area (Å²) in [5.41, 5.74) is 5.50. The topological polar surface area (TPSA) is 26.0 Å². The molecule has 0 amide bonds. The number of nitrogens with two attached hydrogens (primary N) is 1. The van der Waals surface area contributed by atoms with Crippen molar-refractivity contribution in [3.63, 3.8) is 0 Å². The van der Waals surface area contributed by atoms with E-state index in [0.29, 0.717) is 5.92 Å². The van der Waals surface area contributed by atoms with Gasteiger partial charge in [0.15, 0.2) is 0 Å². The highest BCUT2D eigenvalue weighted by Gasteiger charge is 2.09. The van der Waals surface area contributed by atoms with Crippen LogP contribution in [-0.2, 0) is 0 Å². The Morgan fingerprint density at radius 1 is 1.44 bits per heavy atom. The van der Waals surface area contributed by atoms with Gasteiger partial charge in [0.25, 0.3) is 0 Å². The molecule has 1 aliphatic rings. The van der Waals surface area contributed by atoms with Gasteiger partial charge in [-0.1, -0.05) is 19.1 Å². The zero-order chi connectivity index (χ0) is 6.69. The second-order valence-corrected chi connectivity index (χ2v) is 2.94. The molecule has 0 fully saturated rings. The standard InChI is InChI=1S/C8H15N/c1-7-2-4-8(6-9)5-3-7/h2,4,7-8H,3,5-6,9H2,1H3. The van der Waals surface area contributed by atoms with Gasteiger partial charge in [0, 0.05) is 0 Å². The minimum atomic E-state index is 0.668. The smallest absolute Gasteiger partial charge is 0.00142 e. The molecule has 1 nitrogen and oxygen atoms in total. The lowest BCUT2D eigenvalue weighted by Crippen LogP contribution is -2.15. The maximum absolute atomic E-state index is 5.50. The first-order chi connectivity index (χ1) is 4.33. The summed E-state index contributed by atoms with van der Waals surface area (Å²) >= 11 is 0. The first kappa shape index (κ1) is 6.81. The Morgan fingerprint density at radius 2 is 2.22 bits per heavy atom. The van der Waals surface area contributed by atoms with Crippen molar-refractivity contribution in [2.24, 2.45) is 17.6 Å². The molecule has 2 N–H and O–H groups in total. The van der Waals surface area contributed by atoms with Gasteiger partial charge in [0.05, 0.1) is 0 Å². The van der Waals surface area contributed by atoms with Crippen LogP contribution in [-0.4, -0.2) is 6.54 Å². The van der Waals surface area contributed by atoms with E-state index in [1.165, 1.54) is 12.8 Å². The Morgan fingerprint density at radius 3 is 2.67 bits per heavy atom. The maximum Gasteiger partial charge on any atom is -0.00142 e. The van der Waals surface area contributed by atoms with Gasteiger partial charge in [-0.25, -0.2) is 0 Å². The maximum atomic E-state index is 5.50. The summed E-state index contributed by atoms with van der Waals surface area (Å²) in [6, 6.07) is 0. The fourth-order valence-corrected chi connectivity index (χ4v) is 1.21. The molecule has 1 heteroatoms. The highest BCUT2D eigenvalue weighted by atomic mass is 14.5. The normalized spacial score (nSPS) is 34.9. The van der Waals surface area contributed by atoms with E-state index in [9.17, 15) is 0 Å². The predicted molar refractivity (Wildman–Crippen MR) is 40.1 cm³/mol. The fraction of sp³-hybridized carbons (Fsp3) is 0.750. The molecular weight excluding hydrogens is 110 g/mol. The molecule has 2 unspecified atom stereocenters. The highest BCUT2D eigenvalue weighted by molar-refractivity contribution is 4.96. The summed E-state index contributed by atoms with van der Waals surface area (Å²) in [5, 5.41) is 0. The molecule has 0 aliphatic heterocycles. The van der Waals surface area contributed by atoms with Crippen LogP contribution in [0.2, 0.25) is 0 Å². The molecule has 0 spiro atoms. The largest absolute Gasteiger partial charge is 0.330 e. The second-order valence-electron chi connectivity index (χ2n) is 2.94. The number of hydrogen-bond donors (Lipinski definition) is 1. The highest BCUT2D eigenvalue weighted by Crippen LogP contribution is 2.20. The van der Waals surface area contributed by atoms with Crippen LogP contribution in [0.25, 0.3) is 0 Å². The van der Waals surface area contributed by atoms with Crippen LogP contribution in [0.15, 0.2) is 12.2 Å². The molecule has 1 aliphatic carbocycles. The summed E-state index contributed by atoms with van der Waals surface area (Å²) in [7, 11) is 0. The summed E-state index contributed by atoms with van der Waals surface area (Å²) in [5.74, 6) is 1.45. The first-order valence-electron chi connectivity index (χ1n) is 3.71. The molecule has 0 saturated heterocycles. The van der Waals surface area contributed by atoms with Crippen molar-refractivity contribution in [3.05, 3.63) is 12.2 Å². The van der Waals surface area contributed by atoms with Crippen LogP contribution in [0, 0.1) is 11.8 Å². The molecule has 0 radical (unpaired) electrons. The van der Waals surface area contributed by atoms with Crippen molar-refractivity contribution >= 4 is 0 Å². The molecule has 0 heterocycles. The third-order valence-corrected chi connectivity index (χ3v) is 2.01. The van der Waals surface area contributed by atoms with E-state index in [0.717, 1.165) is 12.5 Å². The van der Waals surface area contributed by atoms with E-state index >= 15 is 0 Å². The van der Waals surface area contributed by atoms with Crippen LogP contribution in [0.1, 0.15) is 19.8 Å². The third kappa shape index (κ3) is 1.83. The molecule has 0 aromatic heterocycles. The third-order valence-electron chi connectivity index (χ3n) is 2.01. The van der Waals surface area contributed by atoms with Gasteiger partial charge in [-0.05, 0) is 31.2 Å². The van der Waals surface area contributed by atoms with Gasteiger partial charge in [-0.2, -0.15) is 0 Å². The van der Waals surface area contributed by atoms with Crippen LogP contribution < -0.4 is 5.73 Å². The Bertz CT molecular complexity index is 107. The molecule has 0 bridgehead atoms. The SMILES string of the molecule is CC1C=CC(CN)CC1. The molecule has 0 aromatic carbocycles. The van der Waals surface area contributed by atoms with Crippen LogP contribution >= 0.6 is 0 Å². The molecule has 52 valence electrons. The molecule has 0 aromatic rings. The molecule has 1 rings (SSSR count). The van der Waals surface area contributed by atoms with Gasteiger partial charge in [0.2, 0.25) is 0 Å². The van der Waals surface area contributed by atoms with E-state index < -0.39 is 0 Å². The average molecular weight is 125 g/mol. The van der Waals surface area contributed by atoms with Gasteiger partial charge in [0.1, 0.15) is 0 Å². The van der Waals surface area contributed by atoms with Gasteiger partial charge in [-0.15, -0.1) is 0 Å². The van der Waals surface area contributed by atoms with Crippen molar-refractivity contribution in [2.45, 2.75) is 19.8 Å². The zero-order valence-electron chi connectivity index (χ0n) is 6.01. The van der Waals surface area contributed by atoms with Gasteiger partial charge >= 0.3 is 0 Å². The summed E-state index contributed by atoms with van der Waals surface area (Å²) in [6.45, 7) is 3.08. The predicted octanol–water partition coefficient (Wildman–Crippen LogP) is 1.55. The second kappa shape index (κ2) is 3.02. The van der Waals surface area contributed by atoms with Crippen LogP contribution in [0.3, 0.4) is 0 Å². The summed E-state index contributed by atoms with van der Waals surface area (Å²) < 4.78 is 0. The van der Waals surface area contributed by atoms with E-state index in [2.05, 4.69) is 19.1 Å². The summed E-state index contributed by atoms with van der Waals surface area (Å²) in [6.07, 6.45) is 7.14. The average Bonchev–Trinajstić information content (AvgIpc) is 1.90. The quantitative estimate of drug-likeness (QED) is 0.529. The number of allylic oxidation sites excluding steroid dienone is 1. The number of hydrogen-bond acceptors (Lipinski definition) is 1. The monoisotopic (exact) mass is 125 g/mol. The van der Waals surface area contributed by atoms with Crippen molar-refractivity contribution in [2.75, 3.05) is 6.54 Å². The van der Waals surface area contributed by atoms with Crippen molar-refractivity contribution in [3.8, 4) is 0 Å². The van der Waals surface area contributed by atoms with Crippen molar-refractivity contribution in [1.82, 2.24) is 0 Å². The van der Waals surface area contributed by atoms with Crippen LogP contribution in [0.4, 0.5) is 0 Å². The zero-order valence-corrected chi connectivity index (χ0v) is 6.01. The Kier molecular flexibility index (Phi) is 2.29. The van der Waals surface area contributed by atoms with E-state index in [4.69, 9.17) is 5.73 Å². The van der Waals surface area contributed by atoms with E-state index in [1.807, 2.05) is 0 Å². The summed E-state index contributed by atoms with van der Waals surface area (Å²) in [4.78, 5) is 0. The number of rotatable bonds is 1. The van der Waals surface area contributed by atoms with Gasteiger partial charge < -0.3 is 5.73 Å². The van der Waals surface area contributed by atoms with Crippen LogP contribution in [0.5, 0.6) is 0 Å². The molecular formula is C8H15N. The molecule has 2 atom stereocenters. The minimum absolute atomic E-state index is 0.668. The minimum Gasteiger partial charge on any atom is -0.330 e. The Balaban J connectivity index is 2.38. The van der Waals surface area contributed by atoms with E-state index in [-0.39, 0.29) is 0 Å². The lowest BCUT2D eigenvalue weighted by molar-refractivity contribution is 0.483. The van der Waals surface area contributed by atoms with E-state index in [1.54, 1.807) is 0 Å². The fourth-order valence-electron chi connectivity index (χ4n) is 1.21. The van der Waals surface area contributed by atoms with Crippen molar-refractivity contribution in [1.29, 1.82) is 0 Å². The first-order valence-corrected chi connectivity index (χ1v) is 3.71. The Labute approximate surface area is 56.9 Å². The molecule has 0 saturated carbocycles. The lowest BCUT2D eigenvalue weighted by Gasteiger charge is -2.17. The Hall–Kier alpha value is -0.300. The lowest BCUT2D eigenvalue weighted by atomic mass is 9.90. The van der Waals surface area contributed by atoms with Gasteiger partial charge in [-0.3, -0.25) is 0 Å². The molecule has 9 heavy (non-hydrogen) atoms.